The molecule has 2 rings (SSSR count). The smallest absolute Gasteiger partial charge is 0.261 e. The molecule has 1 fully saturated rings. The van der Waals surface area contributed by atoms with Crippen molar-refractivity contribution in [3.8, 4) is 5.75 Å². The van der Waals surface area contributed by atoms with Crippen LogP contribution in [0.3, 0.4) is 0 Å². The zero-order valence-electron chi connectivity index (χ0n) is 9.92. The molecule has 0 bridgehead atoms. The molecule has 0 radical (unpaired) electrons. The van der Waals surface area contributed by atoms with Crippen LogP contribution in [0.1, 0.15) is 12.8 Å². The van der Waals surface area contributed by atoms with Gasteiger partial charge in [0.2, 0.25) is 11.8 Å². The van der Waals surface area contributed by atoms with Crippen LogP contribution in [0.4, 0.5) is 5.69 Å². The Hall–Kier alpha value is -1.60. The Morgan fingerprint density at radius 1 is 1.21 bits per heavy atom. The first-order valence-electron chi connectivity index (χ1n) is 5.33. The molecule has 0 unspecified atom stereocenters. The summed E-state index contributed by atoms with van der Waals surface area (Å²) in [6, 6.07) is 3.75. The molecule has 1 aromatic rings. The average Bonchev–Trinajstić information content (AvgIpc) is 2.67. The summed E-state index contributed by atoms with van der Waals surface area (Å²) in [4.78, 5) is 24.1. The number of imide groups is 1. The highest BCUT2D eigenvalue weighted by Gasteiger charge is 2.33. The van der Waals surface area contributed by atoms with E-state index in [4.69, 9.17) is 15.4 Å². The zero-order valence-corrected chi connectivity index (χ0v) is 11.5. The monoisotopic (exact) mass is 303 g/mol. The van der Waals surface area contributed by atoms with Crippen molar-refractivity contribution >= 4 is 37.2 Å². The number of hydrogen-bond acceptors (Lipinski definition) is 5. The largest absolute Gasteiger partial charge is 0.495 e. The second-order valence-corrected chi connectivity index (χ2v) is 6.46. The number of nitrogens with zero attached hydrogens (tertiary/aromatic N) is 1. The fraction of sp³-hybridized carbons (Fsp3) is 0.273. The van der Waals surface area contributed by atoms with Crippen LogP contribution < -0.4 is 9.64 Å². The summed E-state index contributed by atoms with van der Waals surface area (Å²) in [6.45, 7) is 0. The Morgan fingerprint density at radius 3 is 2.26 bits per heavy atom. The van der Waals surface area contributed by atoms with Crippen molar-refractivity contribution in [2.45, 2.75) is 17.7 Å². The molecule has 6 nitrogen and oxygen atoms in total. The third-order valence-electron chi connectivity index (χ3n) is 2.72. The highest BCUT2D eigenvalue weighted by molar-refractivity contribution is 8.13. The number of methoxy groups -OCH3 is 1. The van der Waals surface area contributed by atoms with Gasteiger partial charge in [0.1, 0.15) is 5.75 Å². The Kier molecular flexibility index (Phi) is 3.51. The van der Waals surface area contributed by atoms with E-state index < -0.39 is 20.9 Å². The number of rotatable bonds is 3. The maximum absolute atomic E-state index is 11.7. The Balaban J connectivity index is 2.60. The van der Waals surface area contributed by atoms with E-state index in [9.17, 15) is 18.0 Å². The molecule has 0 aromatic heterocycles. The van der Waals surface area contributed by atoms with Gasteiger partial charge in [-0.1, -0.05) is 0 Å². The normalized spacial score (nSPS) is 16.0. The topological polar surface area (TPSA) is 80.8 Å². The minimum atomic E-state index is -3.95. The van der Waals surface area contributed by atoms with Gasteiger partial charge in [0, 0.05) is 23.5 Å². The molecule has 1 aliphatic heterocycles. The van der Waals surface area contributed by atoms with Gasteiger partial charge >= 0.3 is 0 Å². The minimum Gasteiger partial charge on any atom is -0.495 e. The van der Waals surface area contributed by atoms with Crippen LogP contribution in [0.15, 0.2) is 23.1 Å². The molecule has 102 valence electrons. The molecule has 0 atom stereocenters. The fourth-order valence-electron chi connectivity index (χ4n) is 1.84. The first-order chi connectivity index (χ1) is 8.84. The van der Waals surface area contributed by atoms with Crippen LogP contribution in [-0.4, -0.2) is 27.3 Å². The SMILES string of the molecule is COc1ccc(S(=O)(=O)Cl)cc1N1C(=O)CCC1=O. The third kappa shape index (κ3) is 2.57. The summed E-state index contributed by atoms with van der Waals surface area (Å²) < 4.78 is 27.6. The van der Waals surface area contributed by atoms with E-state index in [1.807, 2.05) is 0 Å². The van der Waals surface area contributed by atoms with Gasteiger partial charge in [-0.2, -0.15) is 0 Å². The highest BCUT2D eigenvalue weighted by Crippen LogP contribution is 2.34. The molecule has 1 aromatic carbocycles. The number of halogens is 1. The second kappa shape index (κ2) is 4.82. The number of hydrogen-bond donors (Lipinski definition) is 0. The predicted octanol–water partition coefficient (Wildman–Crippen LogP) is 1.28. The van der Waals surface area contributed by atoms with E-state index in [2.05, 4.69) is 0 Å². The fourth-order valence-corrected chi connectivity index (χ4v) is 2.61. The maximum Gasteiger partial charge on any atom is 0.261 e. The minimum absolute atomic E-state index is 0.0942. The van der Waals surface area contributed by atoms with Gasteiger partial charge in [-0.05, 0) is 18.2 Å². The van der Waals surface area contributed by atoms with Crippen molar-refractivity contribution in [3.63, 3.8) is 0 Å². The number of carbonyl (C=O) groups is 2. The molecule has 0 N–H and O–H groups in total. The van der Waals surface area contributed by atoms with Crippen molar-refractivity contribution in [3.05, 3.63) is 18.2 Å². The van der Waals surface area contributed by atoms with E-state index >= 15 is 0 Å². The predicted molar refractivity (Wildman–Crippen MR) is 67.8 cm³/mol. The van der Waals surface area contributed by atoms with Gasteiger partial charge < -0.3 is 4.74 Å². The third-order valence-corrected chi connectivity index (χ3v) is 4.08. The summed E-state index contributed by atoms with van der Waals surface area (Å²) in [6.07, 6.45) is 0.194. The number of amides is 2. The van der Waals surface area contributed by atoms with Crippen LogP contribution in [0, 0.1) is 0 Å². The molecular weight excluding hydrogens is 294 g/mol. The van der Waals surface area contributed by atoms with Crippen LogP contribution in [0.5, 0.6) is 5.75 Å². The quantitative estimate of drug-likeness (QED) is 0.620. The van der Waals surface area contributed by atoms with Crippen molar-refractivity contribution in [2.75, 3.05) is 12.0 Å². The van der Waals surface area contributed by atoms with Crippen molar-refractivity contribution in [2.24, 2.45) is 0 Å². The Bertz CT molecular complexity index is 639. The Morgan fingerprint density at radius 2 is 1.79 bits per heavy atom. The highest BCUT2D eigenvalue weighted by atomic mass is 35.7. The summed E-state index contributed by atoms with van der Waals surface area (Å²) in [5.41, 5.74) is 0.0942. The zero-order chi connectivity index (χ0) is 14.2. The summed E-state index contributed by atoms with van der Waals surface area (Å²) in [7, 11) is 2.66. The molecule has 1 aliphatic rings. The number of carbonyl (C=O) groups excluding carboxylic acids is 2. The average molecular weight is 304 g/mol. The van der Waals surface area contributed by atoms with E-state index in [0.717, 1.165) is 11.0 Å². The van der Waals surface area contributed by atoms with Gasteiger partial charge in [0.05, 0.1) is 17.7 Å². The standard InChI is InChI=1S/C11H10ClNO5S/c1-18-9-3-2-7(19(12,16)17)6-8(9)13-10(14)4-5-11(13)15/h2-3,6H,4-5H2,1H3. The molecule has 1 saturated heterocycles. The second-order valence-electron chi connectivity index (χ2n) is 3.89. The van der Waals surface area contributed by atoms with Gasteiger partial charge in [-0.3, -0.25) is 9.59 Å². The molecule has 8 heteroatoms. The summed E-state index contributed by atoms with van der Waals surface area (Å²) in [5, 5.41) is 0. The first-order valence-corrected chi connectivity index (χ1v) is 7.64. The van der Waals surface area contributed by atoms with Crippen molar-refractivity contribution in [1.29, 1.82) is 0 Å². The van der Waals surface area contributed by atoms with E-state index in [0.29, 0.717) is 0 Å². The Labute approximate surface area is 114 Å². The number of anilines is 1. The lowest BCUT2D eigenvalue weighted by Gasteiger charge is -2.17. The van der Waals surface area contributed by atoms with Crippen molar-refractivity contribution in [1.82, 2.24) is 0 Å². The molecule has 1 heterocycles. The van der Waals surface area contributed by atoms with Crippen molar-refractivity contribution < 1.29 is 22.7 Å². The van der Waals surface area contributed by atoms with Gasteiger partial charge in [-0.15, -0.1) is 0 Å². The molecule has 0 aliphatic carbocycles. The molecule has 2 amide bonds. The number of benzene rings is 1. The van der Waals surface area contributed by atoms with Crippen LogP contribution in [0.25, 0.3) is 0 Å². The molecule has 0 saturated carbocycles. The van der Waals surface area contributed by atoms with E-state index in [1.165, 1.54) is 19.2 Å². The van der Waals surface area contributed by atoms with Crippen LogP contribution in [0.2, 0.25) is 0 Å². The number of ether oxygens (including phenoxy) is 1. The lowest BCUT2D eigenvalue weighted by atomic mass is 10.2. The van der Waals surface area contributed by atoms with E-state index in [-0.39, 0.29) is 29.2 Å². The first kappa shape index (κ1) is 13.8. The molecular formula is C11H10ClNO5S. The van der Waals surface area contributed by atoms with Gasteiger partial charge in [-0.25, -0.2) is 13.3 Å². The van der Waals surface area contributed by atoms with Gasteiger partial charge in [0.15, 0.2) is 0 Å². The molecule has 0 spiro atoms. The maximum atomic E-state index is 11.7. The summed E-state index contributed by atoms with van der Waals surface area (Å²) >= 11 is 0. The van der Waals surface area contributed by atoms with Gasteiger partial charge in [0.25, 0.3) is 9.05 Å². The lowest BCUT2D eigenvalue weighted by Crippen LogP contribution is -2.29. The summed E-state index contributed by atoms with van der Waals surface area (Å²) in [5.74, 6) is -0.562. The van der Waals surface area contributed by atoms with E-state index in [1.54, 1.807) is 0 Å². The van der Waals surface area contributed by atoms with Crippen LogP contribution in [-0.2, 0) is 18.6 Å². The van der Waals surface area contributed by atoms with Crippen LogP contribution >= 0.6 is 10.7 Å². The molecule has 19 heavy (non-hydrogen) atoms. The lowest BCUT2D eigenvalue weighted by molar-refractivity contribution is -0.121.